The molecule has 2 aromatic rings. The lowest BCUT2D eigenvalue weighted by molar-refractivity contribution is 1.31. The Bertz CT molecular complexity index is 437. The monoisotopic (exact) mass is 295 g/mol. The number of aromatic nitrogens is 1. The highest BCUT2D eigenvalue weighted by Crippen LogP contribution is 2.21. The number of aryl methyl sites for hydroxylation is 1. The number of halogens is 1. The normalized spacial score (nSPS) is 10.1. The smallest absolute Gasteiger partial charge is 0.0702 e. The highest BCUT2D eigenvalue weighted by atomic mass is 127. The fourth-order valence-corrected chi connectivity index (χ4v) is 1.80. The number of rotatable bonds is 1. The summed E-state index contributed by atoms with van der Waals surface area (Å²) in [7, 11) is 0. The van der Waals surface area contributed by atoms with Crippen molar-refractivity contribution in [1.29, 1.82) is 0 Å². The lowest BCUT2D eigenvalue weighted by Gasteiger charge is -2.02. The van der Waals surface area contributed by atoms with Crippen LogP contribution >= 0.6 is 22.6 Å². The predicted molar refractivity (Wildman–Crippen MR) is 67.1 cm³/mol. The summed E-state index contributed by atoms with van der Waals surface area (Å²) in [4.78, 5) is 4.32. The average molecular weight is 295 g/mol. The summed E-state index contributed by atoms with van der Waals surface area (Å²) in [6.07, 6.45) is 1.82. The first-order chi connectivity index (χ1) is 6.77. The third-order valence-electron chi connectivity index (χ3n) is 2.13. The van der Waals surface area contributed by atoms with Gasteiger partial charge in [0.15, 0.2) is 0 Å². The maximum atomic E-state index is 4.32. The van der Waals surface area contributed by atoms with Crippen molar-refractivity contribution in [2.24, 2.45) is 0 Å². The van der Waals surface area contributed by atoms with Gasteiger partial charge in [-0.05, 0) is 53.3 Å². The molecule has 2 heteroatoms. The van der Waals surface area contributed by atoms with Gasteiger partial charge in [-0.3, -0.25) is 4.98 Å². The minimum atomic E-state index is 1.03. The van der Waals surface area contributed by atoms with Crippen molar-refractivity contribution < 1.29 is 0 Å². The summed E-state index contributed by atoms with van der Waals surface area (Å²) >= 11 is 2.35. The van der Waals surface area contributed by atoms with E-state index in [0.717, 1.165) is 5.69 Å². The molecule has 70 valence electrons. The van der Waals surface area contributed by atoms with Crippen LogP contribution in [-0.4, -0.2) is 4.98 Å². The van der Waals surface area contributed by atoms with Crippen LogP contribution in [0.15, 0.2) is 42.6 Å². The first-order valence-corrected chi connectivity index (χ1v) is 5.53. The Morgan fingerprint density at radius 3 is 2.64 bits per heavy atom. The average Bonchev–Trinajstić information content (AvgIpc) is 2.23. The largest absolute Gasteiger partial charge is 0.256 e. The molecule has 0 N–H and O–H groups in total. The Balaban J connectivity index is 2.48. The quantitative estimate of drug-likeness (QED) is 0.732. The van der Waals surface area contributed by atoms with Crippen molar-refractivity contribution in [2.45, 2.75) is 6.92 Å². The van der Waals surface area contributed by atoms with Crippen molar-refractivity contribution >= 4 is 22.6 Å². The number of benzene rings is 1. The van der Waals surface area contributed by atoms with E-state index in [0.29, 0.717) is 0 Å². The first-order valence-electron chi connectivity index (χ1n) is 4.45. The molecule has 1 aromatic heterocycles. The molecule has 0 atom stereocenters. The molecule has 0 aliphatic heterocycles. The van der Waals surface area contributed by atoms with Gasteiger partial charge in [-0.15, -0.1) is 0 Å². The van der Waals surface area contributed by atoms with E-state index in [9.17, 15) is 0 Å². The molecule has 0 unspecified atom stereocenters. The number of nitrogens with zero attached hydrogens (tertiary/aromatic N) is 1. The predicted octanol–water partition coefficient (Wildman–Crippen LogP) is 3.66. The second-order valence-corrected chi connectivity index (χ2v) is 4.34. The molecule has 0 bridgehead atoms. The van der Waals surface area contributed by atoms with Crippen molar-refractivity contribution in [3.63, 3.8) is 0 Å². The van der Waals surface area contributed by atoms with Crippen molar-refractivity contribution in [2.75, 3.05) is 0 Å². The molecule has 0 radical (unpaired) electrons. The van der Waals surface area contributed by atoms with E-state index in [1.807, 2.05) is 24.4 Å². The highest BCUT2D eigenvalue weighted by Gasteiger charge is 2.00. The second-order valence-electron chi connectivity index (χ2n) is 3.18. The summed E-state index contributed by atoms with van der Waals surface area (Å²) in [5.41, 5.74) is 3.52. The fourth-order valence-electron chi connectivity index (χ4n) is 1.29. The van der Waals surface area contributed by atoms with Gasteiger partial charge in [-0.25, -0.2) is 0 Å². The molecule has 0 saturated carbocycles. The van der Waals surface area contributed by atoms with E-state index in [4.69, 9.17) is 0 Å². The van der Waals surface area contributed by atoms with Crippen molar-refractivity contribution in [3.8, 4) is 11.3 Å². The lowest BCUT2D eigenvalue weighted by atomic mass is 10.1. The zero-order valence-electron chi connectivity index (χ0n) is 7.87. The SMILES string of the molecule is Cc1ccc(-c2ccccn2)cc1I. The third-order valence-corrected chi connectivity index (χ3v) is 3.29. The number of hydrogen-bond acceptors (Lipinski definition) is 1. The molecule has 1 heterocycles. The summed E-state index contributed by atoms with van der Waals surface area (Å²) in [5.74, 6) is 0. The van der Waals surface area contributed by atoms with Crippen LogP contribution in [0.3, 0.4) is 0 Å². The molecule has 2 rings (SSSR count). The van der Waals surface area contributed by atoms with Crippen LogP contribution in [0.25, 0.3) is 11.3 Å². The number of hydrogen-bond donors (Lipinski definition) is 0. The summed E-state index contributed by atoms with van der Waals surface area (Å²) in [5, 5.41) is 0. The van der Waals surface area contributed by atoms with Gasteiger partial charge >= 0.3 is 0 Å². The second kappa shape index (κ2) is 4.09. The van der Waals surface area contributed by atoms with Gasteiger partial charge in [0.2, 0.25) is 0 Å². The maximum absolute atomic E-state index is 4.32. The summed E-state index contributed by atoms with van der Waals surface area (Å²) in [6, 6.07) is 12.4. The van der Waals surface area contributed by atoms with Gasteiger partial charge < -0.3 is 0 Å². The molecule has 0 aliphatic carbocycles. The Labute approximate surface area is 97.3 Å². The topological polar surface area (TPSA) is 12.9 Å². The molecule has 1 aromatic carbocycles. The van der Waals surface area contributed by atoms with Crippen LogP contribution in [0.1, 0.15) is 5.56 Å². The Kier molecular flexibility index (Phi) is 2.82. The van der Waals surface area contributed by atoms with Gasteiger partial charge in [0.05, 0.1) is 5.69 Å². The van der Waals surface area contributed by atoms with Gasteiger partial charge in [0.1, 0.15) is 0 Å². The van der Waals surface area contributed by atoms with E-state index in [1.54, 1.807) is 0 Å². The molecule has 0 spiro atoms. The molecular formula is C12H10IN. The fraction of sp³-hybridized carbons (Fsp3) is 0.0833. The van der Waals surface area contributed by atoms with Crippen LogP contribution < -0.4 is 0 Å². The van der Waals surface area contributed by atoms with E-state index < -0.39 is 0 Å². The van der Waals surface area contributed by atoms with Crippen LogP contribution in [0, 0.1) is 10.5 Å². The van der Waals surface area contributed by atoms with Crippen LogP contribution in [0.2, 0.25) is 0 Å². The van der Waals surface area contributed by atoms with Gasteiger partial charge in [0, 0.05) is 15.3 Å². The molecule has 14 heavy (non-hydrogen) atoms. The van der Waals surface area contributed by atoms with Gasteiger partial charge in [0.25, 0.3) is 0 Å². The van der Waals surface area contributed by atoms with E-state index >= 15 is 0 Å². The minimum absolute atomic E-state index is 1.03. The standard InChI is InChI=1S/C12H10IN/c1-9-5-6-10(8-11(9)13)12-4-2-3-7-14-12/h2-8H,1H3. The third kappa shape index (κ3) is 1.95. The molecule has 0 aliphatic rings. The molecular weight excluding hydrogens is 285 g/mol. The van der Waals surface area contributed by atoms with Crippen molar-refractivity contribution in [1.82, 2.24) is 4.98 Å². The zero-order valence-corrected chi connectivity index (χ0v) is 10.0. The minimum Gasteiger partial charge on any atom is -0.256 e. The summed E-state index contributed by atoms with van der Waals surface area (Å²) in [6.45, 7) is 2.12. The molecule has 1 nitrogen and oxygen atoms in total. The Morgan fingerprint density at radius 2 is 2.00 bits per heavy atom. The first kappa shape index (κ1) is 9.65. The Hall–Kier alpha value is -0.900. The highest BCUT2D eigenvalue weighted by molar-refractivity contribution is 14.1. The van der Waals surface area contributed by atoms with Crippen LogP contribution in [0.5, 0.6) is 0 Å². The van der Waals surface area contributed by atoms with Gasteiger partial charge in [-0.1, -0.05) is 18.2 Å². The zero-order chi connectivity index (χ0) is 9.97. The maximum Gasteiger partial charge on any atom is 0.0702 e. The Morgan fingerprint density at radius 1 is 1.14 bits per heavy atom. The van der Waals surface area contributed by atoms with Crippen LogP contribution in [0.4, 0.5) is 0 Å². The van der Waals surface area contributed by atoms with E-state index in [2.05, 4.69) is 52.7 Å². The van der Waals surface area contributed by atoms with E-state index in [1.165, 1.54) is 14.7 Å². The summed E-state index contributed by atoms with van der Waals surface area (Å²) < 4.78 is 1.28. The number of pyridine rings is 1. The van der Waals surface area contributed by atoms with Gasteiger partial charge in [-0.2, -0.15) is 0 Å². The molecule has 0 saturated heterocycles. The van der Waals surface area contributed by atoms with E-state index in [-0.39, 0.29) is 0 Å². The molecule has 0 amide bonds. The molecule has 0 fully saturated rings. The lowest BCUT2D eigenvalue weighted by Crippen LogP contribution is -1.85. The van der Waals surface area contributed by atoms with Crippen molar-refractivity contribution in [3.05, 3.63) is 51.7 Å². The van der Waals surface area contributed by atoms with Crippen LogP contribution in [-0.2, 0) is 0 Å².